The molecule has 0 fully saturated rings. The molecule has 4 heterocycles. The summed E-state index contributed by atoms with van der Waals surface area (Å²) in [4.78, 5) is 20.6. The van der Waals surface area contributed by atoms with Gasteiger partial charge in [-0.05, 0) is 41.4 Å². The summed E-state index contributed by atoms with van der Waals surface area (Å²) >= 11 is 5.24. The number of fused-ring (bicyclic) bond motifs is 1. The standard InChI is InChI=1S/C18H12ClF2N5O2/c19-18(20,21)15-7-12(14-4-2-6-28-14)24-16-8-13(25-26(15)16)17(27)23-10-11-3-1-5-22-9-11/h1-9H,10H2,(H,23,27). The molecule has 4 rings (SSSR count). The first-order valence-corrected chi connectivity index (χ1v) is 8.48. The molecule has 0 radical (unpaired) electrons. The van der Waals surface area contributed by atoms with Crippen molar-refractivity contribution in [1.29, 1.82) is 0 Å². The third kappa shape index (κ3) is 3.56. The summed E-state index contributed by atoms with van der Waals surface area (Å²) < 4.78 is 33.9. The van der Waals surface area contributed by atoms with Gasteiger partial charge >= 0.3 is 5.38 Å². The van der Waals surface area contributed by atoms with Gasteiger partial charge in [0.2, 0.25) is 0 Å². The molecule has 0 unspecified atom stereocenters. The highest BCUT2D eigenvalue weighted by molar-refractivity contribution is 6.21. The van der Waals surface area contributed by atoms with Crippen LogP contribution in [0.15, 0.2) is 59.5 Å². The number of nitrogens with zero attached hydrogens (tertiary/aromatic N) is 4. The summed E-state index contributed by atoms with van der Waals surface area (Å²) in [5.41, 5.74) is 0.267. The monoisotopic (exact) mass is 403 g/mol. The topological polar surface area (TPSA) is 85.3 Å². The van der Waals surface area contributed by atoms with Crippen molar-refractivity contribution in [2.45, 2.75) is 11.9 Å². The van der Waals surface area contributed by atoms with Crippen LogP contribution in [0.1, 0.15) is 21.7 Å². The average Bonchev–Trinajstić information content (AvgIpc) is 3.34. The summed E-state index contributed by atoms with van der Waals surface area (Å²) in [6.45, 7) is 0.212. The fourth-order valence-electron chi connectivity index (χ4n) is 2.61. The molecule has 10 heteroatoms. The van der Waals surface area contributed by atoms with Crippen LogP contribution in [0.25, 0.3) is 17.1 Å². The zero-order valence-corrected chi connectivity index (χ0v) is 14.9. The maximum absolute atomic E-state index is 13.9. The van der Waals surface area contributed by atoms with Crippen LogP contribution < -0.4 is 5.32 Å². The molecule has 0 aliphatic rings. The number of carbonyl (C=O) groups excluding carboxylic acids is 1. The molecule has 0 bridgehead atoms. The van der Waals surface area contributed by atoms with Crippen molar-refractivity contribution in [3.8, 4) is 11.5 Å². The van der Waals surface area contributed by atoms with Crippen LogP contribution in [0.4, 0.5) is 8.78 Å². The van der Waals surface area contributed by atoms with Crippen molar-refractivity contribution in [2.24, 2.45) is 0 Å². The molecule has 0 aromatic carbocycles. The van der Waals surface area contributed by atoms with E-state index in [0.29, 0.717) is 0 Å². The number of carbonyl (C=O) groups is 1. The van der Waals surface area contributed by atoms with Gasteiger partial charge in [-0.1, -0.05) is 6.07 Å². The minimum Gasteiger partial charge on any atom is -0.463 e. The first kappa shape index (κ1) is 18.1. The highest BCUT2D eigenvalue weighted by atomic mass is 35.5. The Labute approximate surface area is 162 Å². The van der Waals surface area contributed by atoms with E-state index in [1.807, 2.05) is 0 Å². The van der Waals surface area contributed by atoms with Crippen LogP contribution in [0, 0.1) is 0 Å². The van der Waals surface area contributed by atoms with Gasteiger partial charge in [0.25, 0.3) is 5.91 Å². The van der Waals surface area contributed by atoms with E-state index in [1.165, 1.54) is 12.3 Å². The second-order valence-corrected chi connectivity index (χ2v) is 6.32. The molecule has 0 saturated heterocycles. The van der Waals surface area contributed by atoms with Crippen LogP contribution >= 0.6 is 11.6 Å². The van der Waals surface area contributed by atoms with E-state index in [9.17, 15) is 13.6 Å². The van der Waals surface area contributed by atoms with Crippen molar-refractivity contribution in [1.82, 2.24) is 24.9 Å². The van der Waals surface area contributed by atoms with Gasteiger partial charge in [-0.25, -0.2) is 9.50 Å². The van der Waals surface area contributed by atoms with E-state index in [1.54, 1.807) is 36.7 Å². The van der Waals surface area contributed by atoms with Gasteiger partial charge in [0.05, 0.1) is 6.26 Å². The van der Waals surface area contributed by atoms with Crippen molar-refractivity contribution in [3.63, 3.8) is 0 Å². The summed E-state index contributed by atoms with van der Waals surface area (Å²) in [7, 11) is 0. The number of rotatable bonds is 5. The van der Waals surface area contributed by atoms with E-state index >= 15 is 0 Å². The molecule has 7 nitrogen and oxygen atoms in total. The normalized spacial score (nSPS) is 11.7. The van der Waals surface area contributed by atoms with Crippen LogP contribution in [0.3, 0.4) is 0 Å². The van der Waals surface area contributed by atoms with Crippen molar-refractivity contribution < 1.29 is 18.0 Å². The molecule has 1 N–H and O–H groups in total. The van der Waals surface area contributed by atoms with Crippen LogP contribution in [0.5, 0.6) is 0 Å². The number of aromatic nitrogens is 4. The smallest absolute Gasteiger partial charge is 0.364 e. The molecule has 0 atom stereocenters. The Morgan fingerprint density at radius 3 is 2.82 bits per heavy atom. The van der Waals surface area contributed by atoms with Gasteiger partial charge in [-0.15, -0.1) is 0 Å². The summed E-state index contributed by atoms with van der Waals surface area (Å²) in [6.07, 6.45) is 4.62. The largest absolute Gasteiger partial charge is 0.463 e. The Morgan fingerprint density at radius 2 is 2.14 bits per heavy atom. The summed E-state index contributed by atoms with van der Waals surface area (Å²) in [6, 6.07) is 9.09. The number of hydrogen-bond acceptors (Lipinski definition) is 5. The van der Waals surface area contributed by atoms with Gasteiger partial charge in [0, 0.05) is 25.0 Å². The third-order valence-corrected chi connectivity index (χ3v) is 4.09. The Balaban J connectivity index is 1.70. The molecular formula is C18H12ClF2N5O2. The first-order valence-electron chi connectivity index (χ1n) is 8.11. The SMILES string of the molecule is O=C(NCc1cccnc1)c1cc2nc(-c3ccco3)cc(C(F)(F)Cl)n2n1. The lowest BCUT2D eigenvalue weighted by Gasteiger charge is -2.11. The van der Waals surface area contributed by atoms with Gasteiger partial charge in [0.1, 0.15) is 11.4 Å². The molecule has 0 spiro atoms. The number of hydrogen-bond donors (Lipinski definition) is 1. The maximum Gasteiger partial charge on any atom is 0.364 e. The van der Waals surface area contributed by atoms with E-state index in [-0.39, 0.29) is 29.3 Å². The lowest BCUT2D eigenvalue weighted by atomic mass is 10.2. The zero-order chi connectivity index (χ0) is 19.7. The zero-order valence-electron chi connectivity index (χ0n) is 14.1. The maximum atomic E-state index is 13.9. The molecule has 0 saturated carbocycles. The van der Waals surface area contributed by atoms with Crippen LogP contribution in [-0.2, 0) is 11.9 Å². The molecular weight excluding hydrogens is 392 g/mol. The van der Waals surface area contributed by atoms with Gasteiger partial charge < -0.3 is 9.73 Å². The number of nitrogens with one attached hydrogen (secondary N) is 1. The average molecular weight is 404 g/mol. The molecule has 4 aromatic heterocycles. The Morgan fingerprint density at radius 1 is 1.29 bits per heavy atom. The molecule has 0 aliphatic carbocycles. The molecule has 142 valence electrons. The van der Waals surface area contributed by atoms with Crippen LogP contribution in [0.2, 0.25) is 0 Å². The van der Waals surface area contributed by atoms with Crippen molar-refractivity contribution >= 4 is 23.2 Å². The molecule has 0 aliphatic heterocycles. The third-order valence-electron chi connectivity index (χ3n) is 3.90. The quantitative estimate of drug-likeness (QED) is 0.514. The number of furan rings is 1. The van der Waals surface area contributed by atoms with E-state index in [0.717, 1.165) is 16.1 Å². The second kappa shape index (κ2) is 7.01. The lowest BCUT2D eigenvalue weighted by Crippen LogP contribution is -2.23. The molecule has 4 aromatic rings. The Hall–Kier alpha value is -3.33. The number of halogens is 3. The highest BCUT2D eigenvalue weighted by Gasteiger charge is 2.33. The molecule has 1 amide bonds. The van der Waals surface area contributed by atoms with E-state index < -0.39 is 17.0 Å². The second-order valence-electron chi connectivity index (χ2n) is 5.85. The van der Waals surface area contributed by atoms with Gasteiger partial charge in [-0.3, -0.25) is 9.78 Å². The lowest BCUT2D eigenvalue weighted by molar-refractivity contribution is 0.0866. The summed E-state index contributed by atoms with van der Waals surface area (Å²) in [5.74, 6) is -0.258. The predicted octanol–water partition coefficient (Wildman–Crippen LogP) is 3.60. The molecule has 28 heavy (non-hydrogen) atoms. The van der Waals surface area contributed by atoms with Crippen LogP contribution in [-0.4, -0.2) is 25.5 Å². The van der Waals surface area contributed by atoms with E-state index in [4.69, 9.17) is 16.0 Å². The minimum atomic E-state index is -3.72. The van der Waals surface area contributed by atoms with Crippen molar-refractivity contribution in [3.05, 3.63) is 72.0 Å². The fourth-order valence-corrected chi connectivity index (χ4v) is 2.75. The number of amides is 1. The fraction of sp³-hybridized carbons (Fsp3) is 0.111. The van der Waals surface area contributed by atoms with E-state index in [2.05, 4.69) is 20.4 Å². The highest BCUT2D eigenvalue weighted by Crippen LogP contribution is 2.34. The number of pyridine rings is 1. The van der Waals surface area contributed by atoms with Gasteiger partial charge in [-0.2, -0.15) is 13.9 Å². The Bertz CT molecular complexity index is 1120. The van der Waals surface area contributed by atoms with Crippen molar-refractivity contribution in [2.75, 3.05) is 0 Å². The Kier molecular flexibility index (Phi) is 4.52. The van der Waals surface area contributed by atoms with Gasteiger partial charge in [0.15, 0.2) is 17.1 Å². The number of alkyl halides is 3. The predicted molar refractivity (Wildman–Crippen MR) is 95.8 cm³/mol. The first-order chi connectivity index (χ1) is 13.4. The summed E-state index contributed by atoms with van der Waals surface area (Å²) in [5, 5.41) is 2.88. The minimum absolute atomic E-state index is 0.0377.